The fraction of sp³-hybridized carbons (Fsp3) is 0.417. The maximum Gasteiger partial charge on any atom is 0.407 e. The number of nitrogens with zero attached hydrogens (tertiary/aromatic N) is 1. The first kappa shape index (κ1) is 12.4. The third-order valence-electron chi connectivity index (χ3n) is 2.90. The average molecular weight is 300 g/mol. The van der Waals surface area contributed by atoms with Gasteiger partial charge >= 0.3 is 6.09 Å². The maximum absolute atomic E-state index is 10.8. The molecule has 0 aliphatic carbocycles. The summed E-state index contributed by atoms with van der Waals surface area (Å²) >= 11 is 3.46. The van der Waals surface area contributed by atoms with Crippen LogP contribution < -0.4 is 0 Å². The van der Waals surface area contributed by atoms with Gasteiger partial charge in [-0.3, -0.25) is 0 Å². The largest absolute Gasteiger partial charge is 0.465 e. The average Bonchev–Trinajstić information content (AvgIpc) is 2.28. The van der Waals surface area contributed by atoms with Crippen molar-refractivity contribution in [1.82, 2.24) is 4.90 Å². The van der Waals surface area contributed by atoms with Gasteiger partial charge in [0.25, 0.3) is 0 Å². The molecular formula is C12H14BrNO3. The van der Waals surface area contributed by atoms with Crippen LogP contribution in [-0.2, 0) is 24.3 Å². The first-order valence-corrected chi connectivity index (χ1v) is 6.19. The predicted molar refractivity (Wildman–Crippen MR) is 67.0 cm³/mol. The molecule has 1 heterocycles. The van der Waals surface area contributed by atoms with Crippen LogP contribution in [0.3, 0.4) is 0 Å². The Kier molecular flexibility index (Phi) is 3.69. The van der Waals surface area contributed by atoms with Gasteiger partial charge in [-0.1, -0.05) is 15.9 Å². The lowest BCUT2D eigenvalue weighted by molar-refractivity contribution is 0.109. The van der Waals surface area contributed by atoms with Crippen molar-refractivity contribution in [2.45, 2.75) is 19.6 Å². The summed E-state index contributed by atoms with van der Waals surface area (Å²) in [6, 6.07) is 4.05. The number of carbonyl (C=O) groups is 1. The summed E-state index contributed by atoms with van der Waals surface area (Å²) in [5.41, 5.74) is 3.39. The highest BCUT2D eigenvalue weighted by atomic mass is 79.9. The van der Waals surface area contributed by atoms with E-state index in [-0.39, 0.29) is 0 Å². The van der Waals surface area contributed by atoms with E-state index >= 15 is 0 Å². The van der Waals surface area contributed by atoms with Gasteiger partial charge in [0.05, 0.1) is 13.2 Å². The molecule has 92 valence electrons. The maximum atomic E-state index is 10.8. The minimum atomic E-state index is -0.921. The zero-order valence-electron chi connectivity index (χ0n) is 9.57. The van der Waals surface area contributed by atoms with Crippen LogP contribution >= 0.6 is 15.9 Å². The standard InChI is InChI=1S/C12H14BrNO3/c1-14(12(15)16)6-9-5-10(13)4-8-2-3-17-7-11(8)9/h4-5H,2-3,6-7H2,1H3,(H,15,16). The summed E-state index contributed by atoms with van der Waals surface area (Å²) in [6.07, 6.45) is -0.0334. The molecule has 0 fully saturated rings. The normalized spacial score (nSPS) is 14.2. The zero-order valence-corrected chi connectivity index (χ0v) is 11.2. The lowest BCUT2D eigenvalue weighted by atomic mass is 9.97. The van der Waals surface area contributed by atoms with Crippen molar-refractivity contribution in [2.75, 3.05) is 13.7 Å². The molecule has 0 radical (unpaired) electrons. The third kappa shape index (κ3) is 2.79. The van der Waals surface area contributed by atoms with Crippen LogP contribution in [0.2, 0.25) is 0 Å². The monoisotopic (exact) mass is 299 g/mol. The Balaban J connectivity index is 2.32. The summed E-state index contributed by atoms with van der Waals surface area (Å²) in [6.45, 7) is 1.70. The van der Waals surface area contributed by atoms with Crippen molar-refractivity contribution >= 4 is 22.0 Å². The Hall–Kier alpha value is -1.07. The second-order valence-corrected chi connectivity index (χ2v) is 5.06. The van der Waals surface area contributed by atoms with Gasteiger partial charge in [0, 0.05) is 18.1 Å². The molecule has 1 aromatic rings. The molecule has 2 rings (SSSR count). The van der Waals surface area contributed by atoms with Crippen LogP contribution in [0.25, 0.3) is 0 Å². The molecule has 4 nitrogen and oxygen atoms in total. The quantitative estimate of drug-likeness (QED) is 0.913. The fourth-order valence-electron chi connectivity index (χ4n) is 1.98. The van der Waals surface area contributed by atoms with Crippen LogP contribution in [-0.4, -0.2) is 29.8 Å². The second kappa shape index (κ2) is 5.06. The number of hydrogen-bond donors (Lipinski definition) is 1. The summed E-state index contributed by atoms with van der Waals surface area (Å²) in [5.74, 6) is 0. The van der Waals surface area contributed by atoms with Crippen molar-refractivity contribution in [2.24, 2.45) is 0 Å². The minimum absolute atomic E-state index is 0.389. The smallest absolute Gasteiger partial charge is 0.407 e. The van der Waals surface area contributed by atoms with Gasteiger partial charge < -0.3 is 14.7 Å². The van der Waals surface area contributed by atoms with E-state index in [4.69, 9.17) is 9.84 Å². The lowest BCUT2D eigenvalue weighted by Gasteiger charge is -2.22. The van der Waals surface area contributed by atoms with Crippen LogP contribution in [0.15, 0.2) is 16.6 Å². The number of amides is 1. The molecule has 0 unspecified atom stereocenters. The number of carboxylic acid groups (broad SMARTS) is 1. The van der Waals surface area contributed by atoms with Gasteiger partial charge in [-0.2, -0.15) is 0 Å². The van der Waals surface area contributed by atoms with Crippen molar-refractivity contribution in [3.05, 3.63) is 33.3 Å². The number of benzene rings is 1. The molecule has 1 aromatic carbocycles. The lowest BCUT2D eigenvalue weighted by Crippen LogP contribution is -2.25. The molecule has 5 heteroatoms. The molecule has 0 aromatic heterocycles. The highest BCUT2D eigenvalue weighted by molar-refractivity contribution is 9.10. The van der Waals surface area contributed by atoms with E-state index in [1.165, 1.54) is 10.5 Å². The van der Waals surface area contributed by atoms with Gasteiger partial charge in [0.15, 0.2) is 0 Å². The Morgan fingerprint density at radius 3 is 3.06 bits per heavy atom. The molecule has 1 aliphatic heterocycles. The molecule has 1 N–H and O–H groups in total. The summed E-state index contributed by atoms with van der Waals surface area (Å²) < 4.78 is 6.43. The van der Waals surface area contributed by atoms with Crippen molar-refractivity contribution in [1.29, 1.82) is 0 Å². The van der Waals surface area contributed by atoms with Gasteiger partial charge in [-0.05, 0) is 35.2 Å². The first-order chi connectivity index (χ1) is 8.08. The number of hydrogen-bond acceptors (Lipinski definition) is 2. The zero-order chi connectivity index (χ0) is 12.4. The van der Waals surface area contributed by atoms with Crippen molar-refractivity contribution < 1.29 is 14.6 Å². The molecule has 0 atom stereocenters. The molecule has 0 spiro atoms. The van der Waals surface area contributed by atoms with Crippen LogP contribution in [0.4, 0.5) is 4.79 Å². The van der Waals surface area contributed by atoms with Crippen LogP contribution in [0.1, 0.15) is 16.7 Å². The highest BCUT2D eigenvalue weighted by Crippen LogP contribution is 2.26. The summed E-state index contributed by atoms with van der Waals surface area (Å²) in [4.78, 5) is 12.1. The number of halogens is 1. The summed E-state index contributed by atoms with van der Waals surface area (Å²) in [7, 11) is 1.57. The molecule has 0 saturated heterocycles. The fourth-order valence-corrected chi connectivity index (χ4v) is 2.54. The number of rotatable bonds is 2. The van der Waals surface area contributed by atoms with Gasteiger partial charge in [-0.15, -0.1) is 0 Å². The first-order valence-electron chi connectivity index (χ1n) is 5.40. The SMILES string of the molecule is CN(Cc1cc(Br)cc2c1COCC2)C(=O)O. The van der Waals surface area contributed by atoms with Gasteiger partial charge in [0.2, 0.25) is 0 Å². The predicted octanol–water partition coefficient (Wildman–Crippen LogP) is 2.63. The van der Waals surface area contributed by atoms with E-state index in [9.17, 15) is 4.79 Å². The minimum Gasteiger partial charge on any atom is -0.465 e. The van der Waals surface area contributed by atoms with E-state index in [1.54, 1.807) is 7.05 Å². The highest BCUT2D eigenvalue weighted by Gasteiger charge is 2.17. The molecule has 1 amide bonds. The van der Waals surface area contributed by atoms with E-state index in [0.717, 1.165) is 28.6 Å². The topological polar surface area (TPSA) is 49.8 Å². The molecular weight excluding hydrogens is 286 g/mol. The van der Waals surface area contributed by atoms with Crippen molar-refractivity contribution in [3.63, 3.8) is 0 Å². The van der Waals surface area contributed by atoms with Crippen LogP contribution in [0.5, 0.6) is 0 Å². The number of fused-ring (bicyclic) bond motifs is 1. The van der Waals surface area contributed by atoms with E-state index in [0.29, 0.717) is 13.2 Å². The van der Waals surface area contributed by atoms with Gasteiger partial charge in [-0.25, -0.2) is 4.79 Å². The molecule has 0 bridgehead atoms. The Morgan fingerprint density at radius 1 is 1.59 bits per heavy atom. The van der Waals surface area contributed by atoms with Gasteiger partial charge in [0.1, 0.15) is 0 Å². The number of ether oxygens (including phenoxy) is 1. The van der Waals surface area contributed by atoms with Crippen LogP contribution in [0, 0.1) is 0 Å². The van der Waals surface area contributed by atoms with E-state index in [2.05, 4.69) is 22.0 Å². The second-order valence-electron chi connectivity index (χ2n) is 4.14. The Labute approximate surface area is 108 Å². The van der Waals surface area contributed by atoms with Crippen molar-refractivity contribution in [3.8, 4) is 0 Å². The Bertz CT molecular complexity index is 448. The molecule has 17 heavy (non-hydrogen) atoms. The van der Waals surface area contributed by atoms with E-state index < -0.39 is 6.09 Å². The van der Waals surface area contributed by atoms with E-state index in [1.807, 2.05) is 6.07 Å². The molecule has 1 aliphatic rings. The Morgan fingerprint density at radius 2 is 2.35 bits per heavy atom. The molecule has 0 saturated carbocycles. The third-order valence-corrected chi connectivity index (χ3v) is 3.35. The summed E-state index contributed by atoms with van der Waals surface area (Å²) in [5, 5.41) is 8.90.